The molecule has 5 nitrogen and oxygen atoms in total. The third-order valence-electron chi connectivity index (χ3n) is 2.83. The normalized spacial score (nSPS) is 10.7. The number of rotatable bonds is 4. The maximum Gasteiger partial charge on any atom is 0.269 e. The first-order chi connectivity index (χ1) is 9.60. The van der Waals surface area contributed by atoms with Gasteiger partial charge in [-0.15, -0.1) is 0 Å². The smallest absolute Gasteiger partial charge is 0.269 e. The van der Waals surface area contributed by atoms with Gasteiger partial charge in [-0.3, -0.25) is 10.1 Å². The molecule has 20 heavy (non-hydrogen) atoms. The monoisotopic (exact) mass is 270 g/mol. The van der Waals surface area contributed by atoms with Crippen LogP contribution in [0.3, 0.4) is 0 Å². The molecule has 102 valence electrons. The minimum Gasteiger partial charge on any atom is -0.495 e. The molecule has 0 aromatic heterocycles. The van der Waals surface area contributed by atoms with E-state index < -0.39 is 4.92 Å². The maximum atomic E-state index is 10.6. The Balaban J connectivity index is 2.16. The van der Waals surface area contributed by atoms with Crippen LogP contribution in [0.1, 0.15) is 11.1 Å². The number of benzene rings is 2. The van der Waals surface area contributed by atoms with E-state index in [1.54, 1.807) is 31.4 Å². The van der Waals surface area contributed by atoms with Crippen molar-refractivity contribution in [3.8, 4) is 5.75 Å². The van der Waals surface area contributed by atoms with Crippen LogP contribution in [0.4, 0.5) is 11.4 Å². The topological polar surface area (TPSA) is 78.4 Å². The van der Waals surface area contributed by atoms with Crippen LogP contribution in [0.5, 0.6) is 5.75 Å². The standard InChI is InChI=1S/C15H14N2O3/c1-20-15-9-6-12(10-14(15)16)3-2-11-4-7-13(8-5-11)17(18)19/h2-10H,16H2,1H3. The number of anilines is 1. The summed E-state index contributed by atoms with van der Waals surface area (Å²) in [5.74, 6) is 0.637. The van der Waals surface area contributed by atoms with Crippen molar-refractivity contribution in [1.82, 2.24) is 0 Å². The van der Waals surface area contributed by atoms with Crippen LogP contribution in [0.25, 0.3) is 12.2 Å². The fraction of sp³-hybridized carbons (Fsp3) is 0.0667. The highest BCUT2D eigenvalue weighted by Crippen LogP contribution is 2.23. The molecule has 2 aromatic carbocycles. The van der Waals surface area contributed by atoms with Gasteiger partial charge in [0.15, 0.2) is 0 Å². The molecular weight excluding hydrogens is 256 g/mol. The average Bonchev–Trinajstić information content (AvgIpc) is 2.45. The summed E-state index contributed by atoms with van der Waals surface area (Å²) in [6, 6.07) is 11.8. The Labute approximate surface area is 116 Å². The first-order valence-corrected chi connectivity index (χ1v) is 5.96. The highest BCUT2D eigenvalue weighted by atomic mass is 16.6. The summed E-state index contributed by atoms with van der Waals surface area (Å²) in [7, 11) is 1.57. The number of hydrogen-bond donors (Lipinski definition) is 1. The molecule has 0 saturated heterocycles. The lowest BCUT2D eigenvalue weighted by molar-refractivity contribution is -0.384. The minimum atomic E-state index is -0.419. The first kappa shape index (κ1) is 13.6. The zero-order valence-electron chi connectivity index (χ0n) is 10.9. The van der Waals surface area contributed by atoms with Crippen LogP contribution in [-0.2, 0) is 0 Å². The molecule has 0 aliphatic heterocycles. The van der Waals surface area contributed by atoms with Gasteiger partial charge >= 0.3 is 0 Å². The Kier molecular flexibility index (Phi) is 4.00. The fourth-order valence-electron chi connectivity index (χ4n) is 1.76. The summed E-state index contributed by atoms with van der Waals surface area (Å²) in [5, 5.41) is 10.6. The fourth-order valence-corrected chi connectivity index (χ4v) is 1.76. The number of nitrogens with two attached hydrogens (primary N) is 1. The molecule has 0 atom stereocenters. The zero-order valence-corrected chi connectivity index (χ0v) is 10.9. The second kappa shape index (κ2) is 5.88. The first-order valence-electron chi connectivity index (χ1n) is 5.96. The van der Waals surface area contributed by atoms with Crippen molar-refractivity contribution < 1.29 is 9.66 Å². The summed E-state index contributed by atoms with van der Waals surface area (Å²) in [6.45, 7) is 0. The van der Waals surface area contributed by atoms with Crippen LogP contribution in [0.2, 0.25) is 0 Å². The van der Waals surface area contributed by atoms with Crippen molar-refractivity contribution in [3.63, 3.8) is 0 Å². The van der Waals surface area contributed by atoms with Crippen molar-refractivity contribution in [2.24, 2.45) is 0 Å². The number of nitrogen functional groups attached to an aromatic ring is 1. The SMILES string of the molecule is COc1ccc(C=Cc2ccc([N+](=O)[O-])cc2)cc1N. The third kappa shape index (κ3) is 3.14. The van der Waals surface area contributed by atoms with Crippen LogP contribution >= 0.6 is 0 Å². The molecule has 2 rings (SSSR count). The van der Waals surface area contributed by atoms with Gasteiger partial charge in [0.05, 0.1) is 17.7 Å². The van der Waals surface area contributed by atoms with Gasteiger partial charge in [0.25, 0.3) is 5.69 Å². The lowest BCUT2D eigenvalue weighted by atomic mass is 10.1. The van der Waals surface area contributed by atoms with E-state index in [-0.39, 0.29) is 5.69 Å². The molecule has 0 radical (unpaired) electrons. The van der Waals surface area contributed by atoms with Gasteiger partial charge in [-0.25, -0.2) is 0 Å². The highest BCUT2D eigenvalue weighted by Gasteiger charge is 2.02. The summed E-state index contributed by atoms with van der Waals surface area (Å²) in [6.07, 6.45) is 3.75. The van der Waals surface area contributed by atoms with E-state index in [1.807, 2.05) is 18.2 Å². The Morgan fingerprint density at radius 2 is 1.70 bits per heavy atom. The van der Waals surface area contributed by atoms with E-state index in [0.29, 0.717) is 11.4 Å². The number of nitro benzene ring substituents is 1. The van der Waals surface area contributed by atoms with Gasteiger partial charge in [-0.1, -0.05) is 18.2 Å². The molecule has 0 spiro atoms. The van der Waals surface area contributed by atoms with E-state index >= 15 is 0 Å². The number of hydrogen-bond acceptors (Lipinski definition) is 4. The number of ether oxygens (including phenoxy) is 1. The molecule has 0 bridgehead atoms. The van der Waals surface area contributed by atoms with Gasteiger partial charge in [0.1, 0.15) is 5.75 Å². The summed E-state index contributed by atoms with van der Waals surface area (Å²) < 4.78 is 5.09. The molecule has 5 heteroatoms. The largest absolute Gasteiger partial charge is 0.495 e. The van der Waals surface area contributed by atoms with Crippen molar-refractivity contribution in [3.05, 3.63) is 63.7 Å². The van der Waals surface area contributed by atoms with E-state index in [1.165, 1.54) is 12.1 Å². The van der Waals surface area contributed by atoms with Crippen molar-refractivity contribution in [2.75, 3.05) is 12.8 Å². The van der Waals surface area contributed by atoms with E-state index in [4.69, 9.17) is 10.5 Å². The Morgan fingerprint density at radius 3 is 2.25 bits per heavy atom. The summed E-state index contributed by atoms with van der Waals surface area (Å²) in [4.78, 5) is 10.1. The van der Waals surface area contributed by atoms with Gasteiger partial charge in [-0.2, -0.15) is 0 Å². The van der Waals surface area contributed by atoms with E-state index in [2.05, 4.69) is 0 Å². The van der Waals surface area contributed by atoms with Gasteiger partial charge in [0.2, 0.25) is 0 Å². The van der Waals surface area contributed by atoms with Crippen molar-refractivity contribution >= 4 is 23.5 Å². The quantitative estimate of drug-likeness (QED) is 0.400. The molecule has 0 saturated carbocycles. The molecule has 0 amide bonds. The van der Waals surface area contributed by atoms with Crippen LogP contribution in [-0.4, -0.2) is 12.0 Å². The second-order valence-electron chi connectivity index (χ2n) is 4.18. The van der Waals surface area contributed by atoms with Crippen LogP contribution < -0.4 is 10.5 Å². The third-order valence-corrected chi connectivity index (χ3v) is 2.83. The predicted octanol–water partition coefficient (Wildman–Crippen LogP) is 3.36. The van der Waals surface area contributed by atoms with Crippen LogP contribution in [0, 0.1) is 10.1 Å². The van der Waals surface area contributed by atoms with E-state index in [9.17, 15) is 10.1 Å². The molecule has 0 aliphatic rings. The number of nitro groups is 1. The Hall–Kier alpha value is -2.82. The van der Waals surface area contributed by atoms with Crippen LogP contribution in [0.15, 0.2) is 42.5 Å². The van der Waals surface area contributed by atoms with Gasteiger partial charge in [-0.05, 0) is 35.4 Å². The van der Waals surface area contributed by atoms with Crippen molar-refractivity contribution in [2.45, 2.75) is 0 Å². The van der Waals surface area contributed by atoms with Gasteiger partial charge < -0.3 is 10.5 Å². The second-order valence-corrected chi connectivity index (χ2v) is 4.18. The predicted molar refractivity (Wildman–Crippen MR) is 79.4 cm³/mol. The molecule has 2 aromatic rings. The average molecular weight is 270 g/mol. The molecule has 2 N–H and O–H groups in total. The number of methoxy groups -OCH3 is 1. The maximum absolute atomic E-state index is 10.6. The molecule has 0 fully saturated rings. The zero-order chi connectivity index (χ0) is 14.5. The minimum absolute atomic E-state index is 0.0795. The molecule has 0 aliphatic carbocycles. The lowest BCUT2D eigenvalue weighted by Crippen LogP contribution is -1.92. The summed E-state index contributed by atoms with van der Waals surface area (Å²) >= 11 is 0. The van der Waals surface area contributed by atoms with E-state index in [0.717, 1.165) is 11.1 Å². The highest BCUT2D eigenvalue weighted by molar-refractivity contribution is 5.72. The molecular formula is C15H14N2O3. The lowest BCUT2D eigenvalue weighted by Gasteiger charge is -2.04. The summed E-state index contributed by atoms with van der Waals surface area (Å²) in [5.41, 5.74) is 8.28. The van der Waals surface area contributed by atoms with Gasteiger partial charge in [0, 0.05) is 12.1 Å². The number of non-ortho nitro benzene ring substituents is 1. The molecule has 0 heterocycles. The Morgan fingerprint density at radius 1 is 1.10 bits per heavy atom. The molecule has 0 unspecified atom stereocenters. The van der Waals surface area contributed by atoms with Crippen molar-refractivity contribution in [1.29, 1.82) is 0 Å². The Bertz CT molecular complexity index is 649. The number of nitrogens with zero attached hydrogens (tertiary/aromatic N) is 1.